The van der Waals surface area contributed by atoms with Gasteiger partial charge < -0.3 is 15.0 Å². The summed E-state index contributed by atoms with van der Waals surface area (Å²) in [5, 5.41) is 3.41. The number of hydrogen-bond donors (Lipinski definition) is 1. The highest BCUT2D eigenvalue weighted by molar-refractivity contribution is 5.81. The van der Waals surface area contributed by atoms with E-state index in [0.29, 0.717) is 17.8 Å². The van der Waals surface area contributed by atoms with Gasteiger partial charge in [-0.1, -0.05) is 0 Å². The third-order valence-corrected chi connectivity index (χ3v) is 3.16. The summed E-state index contributed by atoms with van der Waals surface area (Å²) in [5.74, 6) is 0.656. The molecule has 1 aliphatic rings. The summed E-state index contributed by atoms with van der Waals surface area (Å²) < 4.78 is 5.63. The van der Waals surface area contributed by atoms with Gasteiger partial charge in [-0.25, -0.2) is 0 Å². The molecule has 104 valence electrons. The number of ether oxygens (including phenoxy) is 1. The number of nitrogens with one attached hydrogen (secondary N) is 1. The van der Waals surface area contributed by atoms with Crippen LogP contribution in [0.1, 0.15) is 20.8 Å². The highest BCUT2D eigenvalue weighted by atomic mass is 16.5. The van der Waals surface area contributed by atoms with Gasteiger partial charge in [0.15, 0.2) is 6.10 Å². The molecule has 5 nitrogen and oxygen atoms in total. The molecule has 1 saturated heterocycles. The topological polar surface area (TPSA) is 54.5 Å². The fourth-order valence-corrected chi connectivity index (χ4v) is 2.44. The molecule has 0 unspecified atom stereocenters. The number of nitrogens with zero attached hydrogens (tertiary/aromatic N) is 2. The van der Waals surface area contributed by atoms with Crippen LogP contribution in [0.3, 0.4) is 0 Å². The van der Waals surface area contributed by atoms with Crippen LogP contribution in [0, 0.1) is 0 Å². The largest absolute Gasteiger partial charge is 0.479 e. The Balaban J connectivity index is 1.95. The predicted octanol–water partition coefficient (Wildman–Crippen LogP) is 1.06. The quantitative estimate of drug-likeness (QED) is 0.886. The van der Waals surface area contributed by atoms with E-state index in [4.69, 9.17) is 4.74 Å². The summed E-state index contributed by atoms with van der Waals surface area (Å²) in [6.45, 7) is 7.41. The lowest BCUT2D eigenvalue weighted by Gasteiger charge is -2.37. The Labute approximate surface area is 114 Å². The Kier molecular flexibility index (Phi) is 4.37. The second-order valence-electron chi connectivity index (χ2n) is 5.16. The van der Waals surface area contributed by atoms with E-state index in [0.717, 1.165) is 13.1 Å². The molecule has 3 atom stereocenters. The third kappa shape index (κ3) is 3.67. The second-order valence-corrected chi connectivity index (χ2v) is 5.16. The molecule has 0 spiro atoms. The Morgan fingerprint density at radius 1 is 1.47 bits per heavy atom. The molecule has 19 heavy (non-hydrogen) atoms. The summed E-state index contributed by atoms with van der Waals surface area (Å²) in [6.07, 6.45) is 2.81. The molecule has 0 bridgehead atoms. The van der Waals surface area contributed by atoms with E-state index in [1.54, 1.807) is 31.5 Å². The van der Waals surface area contributed by atoms with Crippen LogP contribution in [0.2, 0.25) is 0 Å². The van der Waals surface area contributed by atoms with Crippen molar-refractivity contribution in [3.05, 3.63) is 24.5 Å². The number of rotatable bonds is 3. The summed E-state index contributed by atoms with van der Waals surface area (Å²) in [6, 6.07) is 4.23. The van der Waals surface area contributed by atoms with E-state index in [1.165, 1.54) is 0 Å². The van der Waals surface area contributed by atoms with E-state index >= 15 is 0 Å². The standard InChI is InChI=1S/C14H21N3O2/c1-10-8-17(9-11(2)16-10)14(18)12(3)19-13-5-4-6-15-7-13/h4-7,10-12,16H,8-9H2,1-3H3/t10-,11+,12-/m1/s1. The first-order valence-corrected chi connectivity index (χ1v) is 6.68. The predicted molar refractivity (Wildman–Crippen MR) is 73.0 cm³/mol. The monoisotopic (exact) mass is 263 g/mol. The first-order chi connectivity index (χ1) is 9.06. The molecule has 2 heterocycles. The van der Waals surface area contributed by atoms with Crippen molar-refractivity contribution in [2.45, 2.75) is 39.0 Å². The maximum atomic E-state index is 12.3. The molecule has 5 heteroatoms. The van der Waals surface area contributed by atoms with E-state index in [9.17, 15) is 4.79 Å². The maximum absolute atomic E-state index is 12.3. The van der Waals surface area contributed by atoms with Crippen LogP contribution in [0.5, 0.6) is 5.75 Å². The van der Waals surface area contributed by atoms with Gasteiger partial charge in [-0.15, -0.1) is 0 Å². The van der Waals surface area contributed by atoms with E-state index in [1.807, 2.05) is 4.90 Å². The minimum atomic E-state index is -0.485. The van der Waals surface area contributed by atoms with Crippen molar-refractivity contribution in [1.29, 1.82) is 0 Å². The van der Waals surface area contributed by atoms with E-state index in [-0.39, 0.29) is 5.91 Å². The molecular weight excluding hydrogens is 242 g/mol. The lowest BCUT2D eigenvalue weighted by atomic mass is 10.1. The summed E-state index contributed by atoms with van der Waals surface area (Å²) in [7, 11) is 0. The number of piperazine rings is 1. The molecule has 0 aromatic carbocycles. The van der Waals surface area contributed by atoms with Crippen molar-refractivity contribution in [2.75, 3.05) is 13.1 Å². The number of carbonyl (C=O) groups excluding carboxylic acids is 1. The SMILES string of the molecule is C[C@@H]1CN(C(=O)[C@@H](C)Oc2cccnc2)C[C@H](C)N1. The number of carbonyl (C=O) groups is 1. The third-order valence-electron chi connectivity index (χ3n) is 3.16. The van der Waals surface area contributed by atoms with Crippen molar-refractivity contribution in [3.8, 4) is 5.75 Å². The molecule has 1 aromatic rings. The average Bonchev–Trinajstić information content (AvgIpc) is 2.37. The lowest BCUT2D eigenvalue weighted by molar-refractivity contribution is -0.139. The second kappa shape index (κ2) is 6.02. The Bertz CT molecular complexity index is 414. The fraction of sp³-hybridized carbons (Fsp3) is 0.571. The fourth-order valence-electron chi connectivity index (χ4n) is 2.44. The minimum Gasteiger partial charge on any atom is -0.479 e. The average molecular weight is 263 g/mol. The van der Waals surface area contributed by atoms with Gasteiger partial charge in [0.2, 0.25) is 0 Å². The van der Waals surface area contributed by atoms with Crippen LogP contribution >= 0.6 is 0 Å². The van der Waals surface area contributed by atoms with Gasteiger partial charge in [-0.2, -0.15) is 0 Å². The first kappa shape index (κ1) is 13.8. The van der Waals surface area contributed by atoms with Crippen LogP contribution in [0.25, 0.3) is 0 Å². The van der Waals surface area contributed by atoms with Crippen LogP contribution in [0.4, 0.5) is 0 Å². The Hall–Kier alpha value is -1.62. The zero-order chi connectivity index (χ0) is 13.8. The maximum Gasteiger partial charge on any atom is 0.263 e. The molecule has 0 radical (unpaired) electrons. The van der Waals surface area contributed by atoms with Gasteiger partial charge in [0.05, 0.1) is 6.20 Å². The van der Waals surface area contributed by atoms with Gasteiger partial charge in [-0.05, 0) is 32.9 Å². The number of amides is 1. The summed E-state index contributed by atoms with van der Waals surface area (Å²) in [5.41, 5.74) is 0. The molecule has 1 N–H and O–H groups in total. The van der Waals surface area contributed by atoms with Gasteiger partial charge in [0, 0.05) is 31.4 Å². The molecule has 1 aromatic heterocycles. The van der Waals surface area contributed by atoms with Crippen LogP contribution in [-0.2, 0) is 4.79 Å². The van der Waals surface area contributed by atoms with E-state index < -0.39 is 6.10 Å². The molecule has 1 fully saturated rings. The zero-order valence-corrected chi connectivity index (χ0v) is 11.7. The Morgan fingerprint density at radius 2 is 2.16 bits per heavy atom. The smallest absolute Gasteiger partial charge is 0.263 e. The number of hydrogen-bond acceptors (Lipinski definition) is 4. The van der Waals surface area contributed by atoms with Crippen molar-refractivity contribution in [1.82, 2.24) is 15.2 Å². The van der Waals surface area contributed by atoms with Gasteiger partial charge >= 0.3 is 0 Å². The molecule has 2 rings (SSSR count). The minimum absolute atomic E-state index is 0.0315. The van der Waals surface area contributed by atoms with Crippen molar-refractivity contribution < 1.29 is 9.53 Å². The highest BCUT2D eigenvalue weighted by Gasteiger charge is 2.28. The van der Waals surface area contributed by atoms with Crippen molar-refractivity contribution >= 4 is 5.91 Å². The zero-order valence-electron chi connectivity index (χ0n) is 11.7. The van der Waals surface area contributed by atoms with Crippen LogP contribution in [0.15, 0.2) is 24.5 Å². The molecule has 1 aliphatic heterocycles. The van der Waals surface area contributed by atoms with Crippen molar-refractivity contribution in [3.63, 3.8) is 0 Å². The molecule has 1 amide bonds. The number of pyridine rings is 1. The molecule has 0 aliphatic carbocycles. The summed E-state index contributed by atoms with van der Waals surface area (Å²) >= 11 is 0. The normalized spacial score (nSPS) is 24.9. The lowest BCUT2D eigenvalue weighted by Crippen LogP contribution is -2.57. The number of aromatic nitrogens is 1. The first-order valence-electron chi connectivity index (χ1n) is 6.68. The van der Waals surface area contributed by atoms with Crippen molar-refractivity contribution in [2.24, 2.45) is 0 Å². The van der Waals surface area contributed by atoms with Gasteiger partial charge in [0.25, 0.3) is 5.91 Å². The van der Waals surface area contributed by atoms with Crippen LogP contribution < -0.4 is 10.1 Å². The van der Waals surface area contributed by atoms with E-state index in [2.05, 4.69) is 24.1 Å². The van der Waals surface area contributed by atoms with Crippen LogP contribution in [-0.4, -0.2) is 47.1 Å². The van der Waals surface area contributed by atoms with Gasteiger partial charge in [0.1, 0.15) is 5.75 Å². The van der Waals surface area contributed by atoms with Gasteiger partial charge in [-0.3, -0.25) is 9.78 Å². The summed E-state index contributed by atoms with van der Waals surface area (Å²) in [4.78, 5) is 18.2. The Morgan fingerprint density at radius 3 is 2.74 bits per heavy atom. The molecular formula is C14H21N3O2. The highest BCUT2D eigenvalue weighted by Crippen LogP contribution is 2.12. The molecule has 0 saturated carbocycles.